The van der Waals surface area contributed by atoms with Gasteiger partial charge >= 0.3 is 0 Å². The standard InChI is InChI=1S/C12H8N2O2/c13-7-9-4-5-14-8-12(9)16-11-3-1-2-10(15)6-11/h1-6,8,15H. The number of phenolic OH excluding ortho intramolecular Hbond substituents is 1. The molecule has 2 aromatic rings. The number of rotatable bonds is 2. The third-order valence-electron chi connectivity index (χ3n) is 1.95. The average molecular weight is 212 g/mol. The summed E-state index contributed by atoms with van der Waals surface area (Å²) in [6.07, 6.45) is 2.98. The van der Waals surface area contributed by atoms with Gasteiger partial charge in [-0.15, -0.1) is 0 Å². The van der Waals surface area contributed by atoms with Gasteiger partial charge in [0, 0.05) is 12.3 Å². The summed E-state index contributed by atoms with van der Waals surface area (Å²) >= 11 is 0. The minimum absolute atomic E-state index is 0.111. The predicted octanol–water partition coefficient (Wildman–Crippen LogP) is 2.45. The van der Waals surface area contributed by atoms with Crippen LogP contribution >= 0.6 is 0 Å². The van der Waals surface area contributed by atoms with Crippen LogP contribution in [0.4, 0.5) is 0 Å². The summed E-state index contributed by atoms with van der Waals surface area (Å²) in [7, 11) is 0. The molecule has 1 aromatic carbocycles. The van der Waals surface area contributed by atoms with Crippen LogP contribution in [-0.4, -0.2) is 10.1 Å². The molecule has 1 aromatic heterocycles. The highest BCUT2D eigenvalue weighted by molar-refractivity contribution is 5.44. The van der Waals surface area contributed by atoms with Gasteiger partial charge in [-0.05, 0) is 18.2 Å². The van der Waals surface area contributed by atoms with Crippen LogP contribution in [0.1, 0.15) is 5.56 Å². The molecule has 1 heterocycles. The van der Waals surface area contributed by atoms with Crippen molar-refractivity contribution in [2.75, 3.05) is 0 Å². The van der Waals surface area contributed by atoms with Crippen LogP contribution in [0.15, 0.2) is 42.7 Å². The van der Waals surface area contributed by atoms with E-state index < -0.39 is 0 Å². The number of hydrogen-bond acceptors (Lipinski definition) is 4. The van der Waals surface area contributed by atoms with E-state index in [-0.39, 0.29) is 5.75 Å². The van der Waals surface area contributed by atoms with Crippen LogP contribution in [-0.2, 0) is 0 Å². The lowest BCUT2D eigenvalue weighted by molar-refractivity contribution is 0.453. The zero-order chi connectivity index (χ0) is 11.4. The lowest BCUT2D eigenvalue weighted by Crippen LogP contribution is -1.88. The van der Waals surface area contributed by atoms with Gasteiger partial charge in [-0.3, -0.25) is 4.98 Å². The maximum Gasteiger partial charge on any atom is 0.163 e. The molecule has 0 radical (unpaired) electrons. The number of phenols is 1. The molecule has 0 saturated heterocycles. The number of nitriles is 1. The van der Waals surface area contributed by atoms with E-state index in [1.54, 1.807) is 24.3 Å². The van der Waals surface area contributed by atoms with Gasteiger partial charge in [0.25, 0.3) is 0 Å². The van der Waals surface area contributed by atoms with E-state index in [4.69, 9.17) is 10.00 Å². The van der Waals surface area contributed by atoms with Crippen molar-refractivity contribution in [1.29, 1.82) is 5.26 Å². The van der Waals surface area contributed by atoms with Crippen molar-refractivity contribution in [3.05, 3.63) is 48.3 Å². The quantitative estimate of drug-likeness (QED) is 0.830. The fourth-order valence-electron chi connectivity index (χ4n) is 1.23. The largest absolute Gasteiger partial charge is 0.508 e. The van der Waals surface area contributed by atoms with Gasteiger partial charge in [-0.2, -0.15) is 5.26 Å². The Morgan fingerprint density at radius 3 is 2.94 bits per heavy atom. The first kappa shape index (κ1) is 9.99. The van der Waals surface area contributed by atoms with E-state index in [2.05, 4.69) is 4.98 Å². The Labute approximate surface area is 92.4 Å². The molecule has 4 nitrogen and oxygen atoms in total. The summed E-state index contributed by atoms with van der Waals surface area (Å²) < 4.78 is 5.44. The second-order valence-electron chi connectivity index (χ2n) is 3.08. The maximum atomic E-state index is 9.26. The van der Waals surface area contributed by atoms with Crippen LogP contribution in [0.5, 0.6) is 17.2 Å². The van der Waals surface area contributed by atoms with E-state index in [0.717, 1.165) is 0 Å². The van der Waals surface area contributed by atoms with E-state index in [9.17, 15) is 5.11 Å². The molecule has 2 rings (SSSR count). The number of aromatic nitrogens is 1. The van der Waals surface area contributed by atoms with Crippen molar-refractivity contribution in [3.8, 4) is 23.3 Å². The van der Waals surface area contributed by atoms with E-state index in [1.165, 1.54) is 18.5 Å². The van der Waals surface area contributed by atoms with Crippen molar-refractivity contribution < 1.29 is 9.84 Å². The van der Waals surface area contributed by atoms with Crippen molar-refractivity contribution >= 4 is 0 Å². The number of benzene rings is 1. The van der Waals surface area contributed by atoms with Gasteiger partial charge in [-0.1, -0.05) is 6.07 Å². The molecule has 0 fully saturated rings. The Morgan fingerprint density at radius 1 is 1.31 bits per heavy atom. The van der Waals surface area contributed by atoms with Gasteiger partial charge in [0.15, 0.2) is 5.75 Å². The third kappa shape index (κ3) is 2.10. The Balaban J connectivity index is 2.31. The minimum Gasteiger partial charge on any atom is -0.508 e. The molecule has 0 aliphatic carbocycles. The van der Waals surface area contributed by atoms with Crippen molar-refractivity contribution in [2.45, 2.75) is 0 Å². The summed E-state index contributed by atoms with van der Waals surface area (Å²) in [4.78, 5) is 3.87. The Morgan fingerprint density at radius 2 is 2.19 bits per heavy atom. The smallest absolute Gasteiger partial charge is 0.163 e. The molecular weight excluding hydrogens is 204 g/mol. The van der Waals surface area contributed by atoms with E-state index in [1.807, 2.05) is 6.07 Å². The molecule has 0 aliphatic rings. The zero-order valence-electron chi connectivity index (χ0n) is 8.29. The van der Waals surface area contributed by atoms with Crippen LogP contribution in [0, 0.1) is 11.3 Å². The molecule has 0 bridgehead atoms. The molecule has 0 spiro atoms. The summed E-state index contributed by atoms with van der Waals surface area (Å²) in [5.41, 5.74) is 0.401. The monoisotopic (exact) mass is 212 g/mol. The second kappa shape index (κ2) is 4.32. The fraction of sp³-hybridized carbons (Fsp3) is 0. The maximum absolute atomic E-state index is 9.26. The van der Waals surface area contributed by atoms with Gasteiger partial charge < -0.3 is 9.84 Å². The SMILES string of the molecule is N#Cc1ccncc1Oc1cccc(O)c1. The molecule has 0 aliphatic heterocycles. The molecular formula is C12H8N2O2. The molecule has 4 heteroatoms. The summed E-state index contributed by atoms with van der Waals surface area (Å²) in [5.74, 6) is 0.944. The first-order valence-corrected chi connectivity index (χ1v) is 4.60. The molecule has 0 unspecified atom stereocenters. The Kier molecular flexibility index (Phi) is 2.70. The lowest BCUT2D eigenvalue weighted by Gasteiger charge is -2.06. The summed E-state index contributed by atoms with van der Waals surface area (Å²) in [6, 6.07) is 9.93. The number of nitrogens with zero attached hydrogens (tertiary/aromatic N) is 2. The van der Waals surface area contributed by atoms with Gasteiger partial charge in [0.1, 0.15) is 17.6 Å². The number of pyridine rings is 1. The normalized spacial score (nSPS) is 9.44. The van der Waals surface area contributed by atoms with Gasteiger partial charge in [-0.25, -0.2) is 0 Å². The summed E-state index contributed by atoms with van der Waals surface area (Å²) in [5, 5.41) is 18.1. The van der Waals surface area contributed by atoms with Crippen LogP contribution in [0.2, 0.25) is 0 Å². The van der Waals surface area contributed by atoms with E-state index in [0.29, 0.717) is 17.1 Å². The molecule has 0 saturated carbocycles. The first-order chi connectivity index (χ1) is 7.79. The topological polar surface area (TPSA) is 66.1 Å². The fourth-order valence-corrected chi connectivity index (χ4v) is 1.23. The average Bonchev–Trinajstić information content (AvgIpc) is 2.30. The predicted molar refractivity (Wildman–Crippen MR) is 57.1 cm³/mol. The molecule has 0 amide bonds. The van der Waals surface area contributed by atoms with E-state index >= 15 is 0 Å². The number of ether oxygens (including phenoxy) is 1. The number of hydrogen-bond donors (Lipinski definition) is 1. The highest BCUT2D eigenvalue weighted by atomic mass is 16.5. The third-order valence-corrected chi connectivity index (χ3v) is 1.95. The molecule has 0 atom stereocenters. The highest BCUT2D eigenvalue weighted by Crippen LogP contribution is 2.26. The Hall–Kier alpha value is -2.54. The van der Waals surface area contributed by atoms with Crippen LogP contribution in [0.3, 0.4) is 0 Å². The van der Waals surface area contributed by atoms with Gasteiger partial charge in [0.2, 0.25) is 0 Å². The minimum atomic E-state index is 0.111. The highest BCUT2D eigenvalue weighted by Gasteiger charge is 2.04. The van der Waals surface area contributed by atoms with Crippen LogP contribution < -0.4 is 4.74 Å². The molecule has 1 N–H and O–H groups in total. The lowest BCUT2D eigenvalue weighted by atomic mass is 10.2. The van der Waals surface area contributed by atoms with Crippen molar-refractivity contribution in [1.82, 2.24) is 4.98 Å². The van der Waals surface area contributed by atoms with Crippen molar-refractivity contribution in [3.63, 3.8) is 0 Å². The Bertz CT molecular complexity index is 547. The van der Waals surface area contributed by atoms with Gasteiger partial charge in [0.05, 0.1) is 11.8 Å². The second-order valence-corrected chi connectivity index (χ2v) is 3.08. The number of aromatic hydroxyl groups is 1. The zero-order valence-corrected chi connectivity index (χ0v) is 8.29. The van der Waals surface area contributed by atoms with Crippen LogP contribution in [0.25, 0.3) is 0 Å². The molecule has 78 valence electrons. The summed E-state index contributed by atoms with van der Waals surface area (Å²) in [6.45, 7) is 0. The van der Waals surface area contributed by atoms with Crippen molar-refractivity contribution in [2.24, 2.45) is 0 Å². The first-order valence-electron chi connectivity index (χ1n) is 4.60. The molecule has 16 heavy (non-hydrogen) atoms.